The fourth-order valence-electron chi connectivity index (χ4n) is 1.86. The lowest BCUT2D eigenvalue weighted by molar-refractivity contribution is 0.102. The summed E-state index contributed by atoms with van der Waals surface area (Å²) < 4.78 is 0. The predicted molar refractivity (Wildman–Crippen MR) is 94.8 cm³/mol. The summed E-state index contributed by atoms with van der Waals surface area (Å²) in [5, 5.41) is 16.2. The van der Waals surface area contributed by atoms with Gasteiger partial charge in [-0.2, -0.15) is 23.1 Å². The van der Waals surface area contributed by atoms with Crippen LogP contribution in [0, 0.1) is 0 Å². The Hall–Kier alpha value is -1.70. The van der Waals surface area contributed by atoms with Gasteiger partial charge in [-0.25, -0.2) is 0 Å². The quantitative estimate of drug-likeness (QED) is 0.744. The van der Waals surface area contributed by atoms with Crippen molar-refractivity contribution in [2.45, 2.75) is 5.75 Å². The molecule has 3 rings (SSSR count). The molecule has 1 amide bonds. The Labute approximate surface area is 140 Å². The van der Waals surface area contributed by atoms with E-state index in [1.807, 2.05) is 41.1 Å². The monoisotopic (exact) mass is 347 g/mol. The molecule has 22 heavy (non-hydrogen) atoms. The van der Waals surface area contributed by atoms with Gasteiger partial charge in [0, 0.05) is 22.3 Å². The van der Waals surface area contributed by atoms with E-state index in [0.717, 1.165) is 16.3 Å². The Bertz CT molecular complexity index is 751. The molecule has 3 aromatic rings. The van der Waals surface area contributed by atoms with Crippen molar-refractivity contribution >= 4 is 45.5 Å². The number of aromatic nitrogens is 2. The maximum Gasteiger partial charge on any atom is 0.257 e. The highest BCUT2D eigenvalue weighted by atomic mass is 32.2. The first-order valence-corrected chi connectivity index (χ1v) is 9.67. The Kier molecular flexibility index (Phi) is 4.87. The van der Waals surface area contributed by atoms with Gasteiger partial charge >= 0.3 is 0 Å². The summed E-state index contributed by atoms with van der Waals surface area (Å²) in [5.74, 6) is 0.784. The van der Waals surface area contributed by atoms with Crippen LogP contribution >= 0.6 is 34.4 Å². The normalized spacial score (nSPS) is 10.6. The van der Waals surface area contributed by atoms with Crippen LogP contribution in [-0.4, -0.2) is 22.4 Å². The zero-order chi connectivity index (χ0) is 15.4. The molecule has 0 aliphatic heterocycles. The van der Waals surface area contributed by atoms with Crippen LogP contribution in [0.2, 0.25) is 0 Å². The van der Waals surface area contributed by atoms with Gasteiger partial charge in [0.2, 0.25) is 5.13 Å². The second kappa shape index (κ2) is 7.04. The number of thioether (sulfide) groups is 1. The van der Waals surface area contributed by atoms with Gasteiger partial charge in [0.15, 0.2) is 0 Å². The molecule has 2 heterocycles. The number of benzene rings is 1. The van der Waals surface area contributed by atoms with E-state index in [4.69, 9.17) is 0 Å². The molecule has 112 valence electrons. The Morgan fingerprint density at radius 2 is 2.05 bits per heavy atom. The van der Waals surface area contributed by atoms with Crippen LogP contribution < -0.4 is 5.32 Å². The standard InChI is InChI=1S/C15H13N3OS3/c1-20-8-10-2-4-11(5-3-10)13(19)16-15-18-17-14(22-15)12-6-7-21-9-12/h2-7,9H,8H2,1H3,(H,16,18,19). The highest BCUT2D eigenvalue weighted by Crippen LogP contribution is 2.28. The van der Waals surface area contributed by atoms with Crippen LogP contribution in [0.5, 0.6) is 0 Å². The molecule has 0 bridgehead atoms. The first-order chi connectivity index (χ1) is 10.8. The number of rotatable bonds is 5. The van der Waals surface area contributed by atoms with Gasteiger partial charge in [-0.05, 0) is 35.4 Å². The second-order valence-corrected chi connectivity index (χ2v) is 7.13. The van der Waals surface area contributed by atoms with Crippen molar-refractivity contribution in [3.63, 3.8) is 0 Å². The fourth-order valence-corrected chi connectivity index (χ4v) is 3.84. The minimum absolute atomic E-state index is 0.163. The lowest BCUT2D eigenvalue weighted by atomic mass is 10.1. The van der Waals surface area contributed by atoms with E-state index in [1.165, 1.54) is 16.9 Å². The molecule has 0 fully saturated rings. The van der Waals surface area contributed by atoms with E-state index in [-0.39, 0.29) is 5.91 Å². The van der Waals surface area contributed by atoms with Crippen LogP contribution in [-0.2, 0) is 5.75 Å². The number of carbonyl (C=O) groups excluding carboxylic acids is 1. The van der Waals surface area contributed by atoms with Crippen molar-refractivity contribution in [3.05, 3.63) is 52.2 Å². The third-order valence-electron chi connectivity index (χ3n) is 2.94. The molecule has 1 aromatic carbocycles. The summed E-state index contributed by atoms with van der Waals surface area (Å²) in [6, 6.07) is 9.61. The zero-order valence-electron chi connectivity index (χ0n) is 11.8. The summed E-state index contributed by atoms with van der Waals surface area (Å²) in [7, 11) is 0. The number of hydrogen-bond acceptors (Lipinski definition) is 6. The molecule has 4 nitrogen and oxygen atoms in total. The maximum atomic E-state index is 12.2. The molecular weight excluding hydrogens is 334 g/mol. The zero-order valence-corrected chi connectivity index (χ0v) is 14.2. The molecule has 0 spiro atoms. The Balaban J connectivity index is 1.69. The number of anilines is 1. The third-order valence-corrected chi connectivity index (χ3v) is 5.13. The van der Waals surface area contributed by atoms with Crippen molar-refractivity contribution in [1.82, 2.24) is 10.2 Å². The minimum atomic E-state index is -0.163. The smallest absolute Gasteiger partial charge is 0.257 e. The molecule has 2 aromatic heterocycles. The largest absolute Gasteiger partial charge is 0.296 e. The van der Waals surface area contributed by atoms with Crippen molar-refractivity contribution in [2.24, 2.45) is 0 Å². The summed E-state index contributed by atoms with van der Waals surface area (Å²) in [6.07, 6.45) is 2.06. The fraction of sp³-hybridized carbons (Fsp3) is 0.133. The maximum absolute atomic E-state index is 12.2. The van der Waals surface area contributed by atoms with E-state index >= 15 is 0 Å². The van der Waals surface area contributed by atoms with E-state index < -0.39 is 0 Å². The Morgan fingerprint density at radius 1 is 1.23 bits per heavy atom. The van der Waals surface area contributed by atoms with Crippen LogP contribution in [0.3, 0.4) is 0 Å². The van der Waals surface area contributed by atoms with Crippen molar-refractivity contribution in [2.75, 3.05) is 11.6 Å². The molecule has 0 aliphatic carbocycles. The summed E-state index contributed by atoms with van der Waals surface area (Å²) in [5.41, 5.74) is 2.86. The lowest BCUT2D eigenvalue weighted by Crippen LogP contribution is -2.11. The van der Waals surface area contributed by atoms with Crippen molar-refractivity contribution < 1.29 is 4.79 Å². The predicted octanol–water partition coefficient (Wildman–Crippen LogP) is 4.38. The molecule has 0 saturated carbocycles. The van der Waals surface area contributed by atoms with Gasteiger partial charge in [-0.3, -0.25) is 10.1 Å². The third kappa shape index (κ3) is 3.55. The second-order valence-electron chi connectivity index (χ2n) is 4.51. The minimum Gasteiger partial charge on any atom is -0.296 e. The van der Waals surface area contributed by atoms with Gasteiger partial charge in [0.1, 0.15) is 5.01 Å². The molecule has 0 saturated heterocycles. The number of carbonyl (C=O) groups is 1. The van der Waals surface area contributed by atoms with Gasteiger partial charge in [0.25, 0.3) is 5.91 Å². The number of nitrogens with one attached hydrogen (secondary N) is 1. The highest BCUT2D eigenvalue weighted by Gasteiger charge is 2.11. The molecule has 0 aliphatic rings. The van der Waals surface area contributed by atoms with Crippen LogP contribution in [0.1, 0.15) is 15.9 Å². The van der Waals surface area contributed by atoms with Gasteiger partial charge < -0.3 is 0 Å². The topological polar surface area (TPSA) is 54.9 Å². The Morgan fingerprint density at radius 3 is 2.73 bits per heavy atom. The van der Waals surface area contributed by atoms with Gasteiger partial charge in [-0.15, -0.1) is 10.2 Å². The molecule has 1 N–H and O–H groups in total. The summed E-state index contributed by atoms with van der Waals surface area (Å²) >= 11 is 4.74. The van der Waals surface area contributed by atoms with E-state index in [9.17, 15) is 4.79 Å². The molecule has 0 unspecified atom stereocenters. The van der Waals surface area contributed by atoms with Crippen LogP contribution in [0.15, 0.2) is 41.1 Å². The number of thiophene rings is 1. The average molecular weight is 347 g/mol. The van der Waals surface area contributed by atoms with Crippen molar-refractivity contribution in [1.29, 1.82) is 0 Å². The highest BCUT2D eigenvalue weighted by molar-refractivity contribution is 7.97. The van der Waals surface area contributed by atoms with Gasteiger partial charge in [-0.1, -0.05) is 23.5 Å². The first-order valence-electron chi connectivity index (χ1n) is 6.51. The summed E-state index contributed by atoms with van der Waals surface area (Å²) in [4.78, 5) is 12.2. The summed E-state index contributed by atoms with van der Waals surface area (Å²) in [6.45, 7) is 0. The van der Waals surface area contributed by atoms with E-state index in [0.29, 0.717) is 10.7 Å². The molecule has 0 atom stereocenters. The van der Waals surface area contributed by atoms with E-state index in [1.54, 1.807) is 23.1 Å². The molecule has 0 radical (unpaired) electrons. The SMILES string of the molecule is CSCc1ccc(C(=O)Nc2nnc(-c3ccsc3)s2)cc1. The molecular formula is C15H13N3OS3. The van der Waals surface area contributed by atoms with Crippen LogP contribution in [0.4, 0.5) is 5.13 Å². The van der Waals surface area contributed by atoms with Crippen molar-refractivity contribution in [3.8, 4) is 10.6 Å². The van der Waals surface area contributed by atoms with Crippen LogP contribution in [0.25, 0.3) is 10.6 Å². The molecule has 7 heteroatoms. The first kappa shape index (κ1) is 15.2. The number of nitrogens with zero attached hydrogens (tertiary/aromatic N) is 2. The average Bonchev–Trinajstić information content (AvgIpc) is 3.19. The number of amides is 1. The van der Waals surface area contributed by atoms with Gasteiger partial charge in [0.05, 0.1) is 0 Å². The van der Waals surface area contributed by atoms with E-state index in [2.05, 4.69) is 21.8 Å². The lowest BCUT2D eigenvalue weighted by Gasteiger charge is -2.02. The number of hydrogen-bond donors (Lipinski definition) is 1.